The number of benzene rings is 2. The molecule has 2 aliphatic heterocycles. The van der Waals surface area contributed by atoms with Gasteiger partial charge in [0, 0.05) is 24.5 Å². The summed E-state index contributed by atoms with van der Waals surface area (Å²) in [5, 5.41) is 0.836. The number of hydrogen-bond donors (Lipinski definition) is 0. The monoisotopic (exact) mass is 424 g/mol. The Morgan fingerprint density at radius 3 is 2.73 bits per heavy atom. The molecule has 5 rings (SSSR count). The third kappa shape index (κ3) is 3.32. The van der Waals surface area contributed by atoms with Gasteiger partial charge in [-0.1, -0.05) is 18.2 Å². The minimum absolute atomic E-state index is 0.229. The van der Waals surface area contributed by atoms with E-state index in [1.165, 1.54) is 0 Å². The van der Waals surface area contributed by atoms with Crippen molar-refractivity contribution in [1.29, 1.82) is 0 Å². The van der Waals surface area contributed by atoms with Gasteiger partial charge in [0.2, 0.25) is 10.0 Å². The SMILES string of the molecule is Cc1cnc2c(S(=O)(=O)N3CCCC3c3ccc4c(c3)OCCCO4)cccc2c1. The van der Waals surface area contributed by atoms with Crippen molar-refractivity contribution in [3.8, 4) is 11.5 Å². The lowest BCUT2D eigenvalue weighted by atomic mass is 10.0. The molecule has 156 valence electrons. The van der Waals surface area contributed by atoms with Gasteiger partial charge in [0.05, 0.1) is 24.8 Å². The van der Waals surface area contributed by atoms with Gasteiger partial charge in [-0.15, -0.1) is 0 Å². The Morgan fingerprint density at radius 2 is 1.87 bits per heavy atom. The largest absolute Gasteiger partial charge is 0.490 e. The first-order valence-electron chi connectivity index (χ1n) is 10.3. The average molecular weight is 425 g/mol. The highest BCUT2D eigenvalue weighted by Crippen LogP contribution is 2.41. The minimum atomic E-state index is -3.71. The standard InChI is InChI=1S/C23H24N2O4S/c1-16-13-18-5-2-7-22(23(18)24-15-16)30(26,27)25-10-3-6-19(25)17-8-9-20-21(14-17)29-12-4-11-28-20/h2,5,7-9,13-15,19H,3-4,6,10-12H2,1H3. The van der Waals surface area contributed by atoms with E-state index in [0.29, 0.717) is 31.0 Å². The van der Waals surface area contributed by atoms with Crippen molar-refractivity contribution in [3.63, 3.8) is 0 Å². The highest BCUT2D eigenvalue weighted by atomic mass is 32.2. The molecule has 1 saturated heterocycles. The van der Waals surface area contributed by atoms with Gasteiger partial charge >= 0.3 is 0 Å². The van der Waals surface area contributed by atoms with Crippen LogP contribution >= 0.6 is 0 Å². The maximum atomic E-state index is 13.7. The molecule has 6 nitrogen and oxygen atoms in total. The van der Waals surface area contributed by atoms with E-state index in [-0.39, 0.29) is 10.9 Å². The Morgan fingerprint density at radius 1 is 1.03 bits per heavy atom. The molecule has 0 bridgehead atoms. The maximum absolute atomic E-state index is 13.7. The van der Waals surface area contributed by atoms with Crippen molar-refractivity contribution in [1.82, 2.24) is 9.29 Å². The van der Waals surface area contributed by atoms with Crippen LogP contribution in [0.4, 0.5) is 0 Å². The fourth-order valence-corrected chi connectivity index (χ4v) is 6.18. The van der Waals surface area contributed by atoms with Gasteiger partial charge in [0.15, 0.2) is 11.5 Å². The van der Waals surface area contributed by atoms with Crippen molar-refractivity contribution < 1.29 is 17.9 Å². The lowest BCUT2D eigenvalue weighted by Crippen LogP contribution is -2.31. The van der Waals surface area contributed by atoms with Crippen LogP contribution in [-0.2, 0) is 10.0 Å². The van der Waals surface area contributed by atoms with Crippen molar-refractivity contribution in [2.75, 3.05) is 19.8 Å². The Hall–Kier alpha value is -2.64. The molecule has 0 radical (unpaired) electrons. The zero-order chi connectivity index (χ0) is 20.7. The third-order valence-corrected chi connectivity index (χ3v) is 7.70. The number of hydrogen-bond acceptors (Lipinski definition) is 5. The van der Waals surface area contributed by atoms with E-state index >= 15 is 0 Å². The summed E-state index contributed by atoms with van der Waals surface area (Å²) in [5.41, 5.74) is 2.46. The van der Waals surface area contributed by atoms with Crippen LogP contribution in [0.15, 0.2) is 53.6 Å². The lowest BCUT2D eigenvalue weighted by molar-refractivity contribution is 0.296. The van der Waals surface area contributed by atoms with E-state index in [1.807, 2.05) is 37.3 Å². The fraction of sp³-hybridized carbons (Fsp3) is 0.348. The number of aryl methyl sites for hydroxylation is 1. The van der Waals surface area contributed by atoms with Crippen LogP contribution in [0.25, 0.3) is 10.9 Å². The van der Waals surface area contributed by atoms with Crippen LogP contribution in [0.3, 0.4) is 0 Å². The van der Waals surface area contributed by atoms with Crippen LogP contribution in [0.5, 0.6) is 11.5 Å². The predicted octanol–water partition coefficient (Wildman–Crippen LogP) is 4.23. The van der Waals surface area contributed by atoms with Crippen LogP contribution in [-0.4, -0.2) is 37.5 Å². The van der Waals surface area contributed by atoms with E-state index in [0.717, 1.165) is 41.5 Å². The van der Waals surface area contributed by atoms with E-state index in [1.54, 1.807) is 22.6 Å². The molecule has 2 aromatic carbocycles. The summed E-state index contributed by atoms with van der Waals surface area (Å²) in [6, 6.07) is 12.9. The van der Waals surface area contributed by atoms with Crippen LogP contribution < -0.4 is 9.47 Å². The number of rotatable bonds is 3. The summed E-state index contributed by atoms with van der Waals surface area (Å²) < 4.78 is 40.5. The molecule has 0 amide bonds. The fourth-order valence-electron chi connectivity index (χ4n) is 4.33. The van der Waals surface area contributed by atoms with E-state index in [4.69, 9.17) is 9.47 Å². The minimum Gasteiger partial charge on any atom is -0.490 e. The van der Waals surface area contributed by atoms with Crippen molar-refractivity contribution in [3.05, 3.63) is 59.8 Å². The Balaban J connectivity index is 1.54. The number of fused-ring (bicyclic) bond motifs is 2. The average Bonchev–Trinajstić information content (AvgIpc) is 3.13. The quantitative estimate of drug-likeness (QED) is 0.629. The molecule has 1 unspecified atom stereocenters. The first-order chi connectivity index (χ1) is 14.5. The molecule has 7 heteroatoms. The summed E-state index contributed by atoms with van der Waals surface area (Å²) in [6.45, 7) is 3.67. The summed E-state index contributed by atoms with van der Waals surface area (Å²) in [5.74, 6) is 1.41. The van der Waals surface area contributed by atoms with E-state index in [2.05, 4.69) is 4.98 Å². The molecular weight excluding hydrogens is 400 g/mol. The summed E-state index contributed by atoms with van der Waals surface area (Å²) in [4.78, 5) is 4.71. The second-order valence-electron chi connectivity index (χ2n) is 7.87. The predicted molar refractivity (Wildman–Crippen MR) is 114 cm³/mol. The third-order valence-electron chi connectivity index (χ3n) is 5.76. The van der Waals surface area contributed by atoms with Crippen LogP contribution in [0.1, 0.15) is 36.4 Å². The topological polar surface area (TPSA) is 68.7 Å². The molecule has 1 aromatic heterocycles. The molecular formula is C23H24N2O4S. The van der Waals surface area contributed by atoms with Gasteiger partial charge in [-0.05, 0) is 55.2 Å². The summed E-state index contributed by atoms with van der Waals surface area (Å²) in [6.07, 6.45) is 4.14. The molecule has 0 aliphatic carbocycles. The van der Waals surface area contributed by atoms with Gasteiger partial charge in [0.1, 0.15) is 4.90 Å². The van der Waals surface area contributed by atoms with Crippen LogP contribution in [0, 0.1) is 6.92 Å². The Bertz CT molecular complexity index is 1210. The normalized spacial score (nSPS) is 19.7. The first kappa shape index (κ1) is 19.3. The molecule has 30 heavy (non-hydrogen) atoms. The van der Waals surface area contributed by atoms with Crippen molar-refractivity contribution >= 4 is 20.9 Å². The second-order valence-corrected chi connectivity index (χ2v) is 9.73. The number of sulfonamides is 1. The molecule has 3 heterocycles. The smallest absolute Gasteiger partial charge is 0.245 e. The van der Waals surface area contributed by atoms with Gasteiger partial charge in [0.25, 0.3) is 0 Å². The highest BCUT2D eigenvalue weighted by molar-refractivity contribution is 7.89. The van der Waals surface area contributed by atoms with Crippen molar-refractivity contribution in [2.45, 2.75) is 37.1 Å². The molecule has 1 fully saturated rings. The number of para-hydroxylation sites is 1. The van der Waals surface area contributed by atoms with Crippen molar-refractivity contribution in [2.24, 2.45) is 0 Å². The lowest BCUT2D eigenvalue weighted by Gasteiger charge is -2.25. The maximum Gasteiger partial charge on any atom is 0.245 e. The van der Waals surface area contributed by atoms with Crippen LogP contribution in [0.2, 0.25) is 0 Å². The number of aromatic nitrogens is 1. The van der Waals surface area contributed by atoms with Gasteiger partial charge < -0.3 is 9.47 Å². The van der Waals surface area contributed by atoms with Gasteiger partial charge in [-0.3, -0.25) is 4.98 Å². The molecule has 1 atom stereocenters. The highest BCUT2D eigenvalue weighted by Gasteiger charge is 2.37. The zero-order valence-corrected chi connectivity index (χ0v) is 17.7. The Kier molecular flexibility index (Phi) is 4.87. The summed E-state index contributed by atoms with van der Waals surface area (Å²) >= 11 is 0. The first-order valence-corrected chi connectivity index (χ1v) is 11.7. The zero-order valence-electron chi connectivity index (χ0n) is 16.9. The summed E-state index contributed by atoms with van der Waals surface area (Å²) in [7, 11) is -3.71. The van der Waals surface area contributed by atoms with Gasteiger partial charge in [-0.2, -0.15) is 4.31 Å². The number of pyridine rings is 1. The second kappa shape index (κ2) is 7.56. The van der Waals surface area contributed by atoms with Gasteiger partial charge in [-0.25, -0.2) is 8.42 Å². The molecule has 3 aromatic rings. The molecule has 2 aliphatic rings. The Labute approximate surface area is 176 Å². The molecule has 0 N–H and O–H groups in total. The molecule has 0 saturated carbocycles. The van der Waals surface area contributed by atoms with E-state index in [9.17, 15) is 8.42 Å². The number of ether oxygens (including phenoxy) is 2. The van der Waals surface area contributed by atoms with E-state index < -0.39 is 10.0 Å². The molecule has 0 spiro atoms. The number of nitrogens with zero attached hydrogens (tertiary/aromatic N) is 2.